The van der Waals surface area contributed by atoms with Crippen LogP contribution in [0.4, 0.5) is 18.9 Å². The van der Waals surface area contributed by atoms with Gasteiger partial charge in [-0.1, -0.05) is 0 Å². The van der Waals surface area contributed by atoms with Gasteiger partial charge < -0.3 is 4.74 Å². The predicted octanol–water partition coefficient (Wildman–Crippen LogP) is 1.35. The van der Waals surface area contributed by atoms with E-state index in [-0.39, 0.29) is 18.8 Å². The Morgan fingerprint density at radius 3 is 2.06 bits per heavy atom. The zero-order chi connectivity index (χ0) is 24.7. The van der Waals surface area contributed by atoms with Crippen molar-refractivity contribution in [2.24, 2.45) is 11.8 Å². The van der Waals surface area contributed by atoms with Gasteiger partial charge in [-0.25, -0.2) is 4.90 Å². The summed E-state index contributed by atoms with van der Waals surface area (Å²) in [5.74, 6) is -3.69. The van der Waals surface area contributed by atoms with Crippen molar-refractivity contribution in [1.29, 1.82) is 5.26 Å². The second kappa shape index (κ2) is 6.99. The van der Waals surface area contributed by atoms with E-state index in [0.29, 0.717) is 11.0 Å². The van der Waals surface area contributed by atoms with E-state index in [0.717, 1.165) is 20.7 Å². The molecule has 0 aliphatic carbocycles. The number of anilines is 1. The van der Waals surface area contributed by atoms with E-state index in [2.05, 4.69) is 0 Å². The average molecular weight is 486 g/mol. The van der Waals surface area contributed by atoms with Crippen molar-refractivity contribution in [2.45, 2.75) is 31.2 Å². The third kappa shape index (κ3) is 3.27. The molecule has 0 N–H and O–H groups in total. The number of hydrogen-bond donors (Lipinski definition) is 0. The van der Waals surface area contributed by atoms with E-state index >= 15 is 0 Å². The van der Waals surface area contributed by atoms with Gasteiger partial charge in [0.1, 0.15) is 0 Å². The third-order valence-electron chi connectivity index (χ3n) is 6.54. The molecule has 0 saturated carbocycles. The highest BCUT2D eigenvalue weighted by Crippen LogP contribution is 2.56. The molecular formula is C20H21F3N4O5S. The van der Waals surface area contributed by atoms with E-state index < -0.39 is 62.4 Å². The molecule has 0 aromatic heterocycles. The van der Waals surface area contributed by atoms with Gasteiger partial charge in [-0.05, 0) is 32.0 Å². The van der Waals surface area contributed by atoms with Crippen LogP contribution in [0.3, 0.4) is 0 Å². The molecule has 4 rings (SSSR count). The number of nitriles is 1. The average Bonchev–Trinajstić information content (AvgIpc) is 3.06. The Kier molecular flexibility index (Phi) is 5.00. The Hall–Kier alpha value is -2.53. The van der Waals surface area contributed by atoms with Gasteiger partial charge in [0.05, 0.1) is 45.9 Å². The fraction of sp³-hybridized carbons (Fsp3) is 0.550. The first kappa shape index (κ1) is 23.6. The number of ether oxygens (including phenoxy) is 1. The number of halogens is 3. The van der Waals surface area contributed by atoms with Crippen LogP contribution in [0.1, 0.15) is 25.0 Å². The van der Waals surface area contributed by atoms with Crippen molar-refractivity contribution in [2.75, 3.05) is 32.1 Å². The third-order valence-corrected chi connectivity index (χ3v) is 8.38. The van der Waals surface area contributed by atoms with Crippen molar-refractivity contribution < 1.29 is 35.9 Å². The first-order chi connectivity index (χ1) is 15.1. The Balaban J connectivity index is 1.77. The molecule has 4 unspecified atom stereocenters. The van der Waals surface area contributed by atoms with Gasteiger partial charge in [0.15, 0.2) is 0 Å². The standard InChI is InChI=1S/C20H21F3N4O5S/c1-18-9-26(33(30,31)25(3)4)10-19(2,32-18)15-14(18)16(28)27(17(15)29)12-6-5-11(8-24)13(7-12)20(21,22)23/h5-7,14-15H,9-10H2,1-4H3. The molecular weight excluding hydrogens is 465 g/mol. The largest absolute Gasteiger partial charge is 0.417 e. The monoisotopic (exact) mass is 486 g/mol. The maximum atomic E-state index is 13.4. The number of amides is 2. The van der Waals surface area contributed by atoms with Crippen LogP contribution in [0.25, 0.3) is 0 Å². The number of fused-ring (bicyclic) bond motifs is 5. The topological polar surface area (TPSA) is 111 Å². The van der Waals surface area contributed by atoms with E-state index in [9.17, 15) is 31.2 Å². The molecule has 0 radical (unpaired) electrons. The summed E-state index contributed by atoms with van der Waals surface area (Å²) in [6.45, 7) is 2.67. The van der Waals surface area contributed by atoms with E-state index in [1.54, 1.807) is 0 Å². The van der Waals surface area contributed by atoms with Crippen molar-refractivity contribution in [1.82, 2.24) is 8.61 Å². The summed E-state index contributed by atoms with van der Waals surface area (Å²) in [4.78, 5) is 27.5. The molecule has 1 aromatic rings. The molecule has 9 nitrogen and oxygen atoms in total. The van der Waals surface area contributed by atoms with Crippen LogP contribution in [0.2, 0.25) is 0 Å². The van der Waals surface area contributed by atoms with Crippen LogP contribution in [-0.2, 0) is 30.7 Å². The summed E-state index contributed by atoms with van der Waals surface area (Å²) in [5.41, 5.74) is -4.90. The van der Waals surface area contributed by atoms with Crippen molar-refractivity contribution in [3.63, 3.8) is 0 Å². The van der Waals surface area contributed by atoms with Gasteiger partial charge in [0.2, 0.25) is 11.8 Å². The van der Waals surface area contributed by atoms with E-state index in [4.69, 9.17) is 10.00 Å². The van der Waals surface area contributed by atoms with Crippen LogP contribution in [0, 0.1) is 23.2 Å². The van der Waals surface area contributed by atoms with Gasteiger partial charge in [-0.3, -0.25) is 9.59 Å². The van der Waals surface area contributed by atoms with Gasteiger partial charge >= 0.3 is 6.18 Å². The zero-order valence-corrected chi connectivity index (χ0v) is 19.0. The molecule has 2 bridgehead atoms. The van der Waals surface area contributed by atoms with Crippen LogP contribution in [-0.4, -0.2) is 67.2 Å². The fourth-order valence-corrected chi connectivity index (χ4v) is 6.53. The number of benzene rings is 1. The fourth-order valence-electron chi connectivity index (χ4n) is 5.23. The van der Waals surface area contributed by atoms with Crippen LogP contribution < -0.4 is 4.90 Å². The number of imide groups is 1. The second-order valence-electron chi connectivity index (χ2n) is 9.09. The minimum atomic E-state index is -4.86. The summed E-state index contributed by atoms with van der Waals surface area (Å²) in [6, 6.07) is 4.11. The van der Waals surface area contributed by atoms with Crippen molar-refractivity contribution >= 4 is 27.7 Å². The number of hydrogen-bond acceptors (Lipinski definition) is 6. The molecule has 1 aromatic carbocycles. The molecule has 3 heterocycles. The van der Waals surface area contributed by atoms with Crippen LogP contribution in [0.15, 0.2) is 18.2 Å². The second-order valence-corrected chi connectivity index (χ2v) is 11.2. The smallest absolute Gasteiger partial charge is 0.365 e. The number of nitrogens with zero attached hydrogens (tertiary/aromatic N) is 4. The zero-order valence-electron chi connectivity index (χ0n) is 18.2. The number of morpholine rings is 1. The molecule has 3 aliphatic rings. The number of carbonyl (C=O) groups excluding carboxylic acids is 2. The molecule has 0 spiro atoms. The summed E-state index contributed by atoms with van der Waals surface area (Å²) in [5, 5.41) is 9.01. The van der Waals surface area contributed by atoms with Gasteiger partial charge in [-0.2, -0.15) is 35.5 Å². The summed E-state index contributed by atoms with van der Waals surface area (Å²) in [6.07, 6.45) is -4.86. The van der Waals surface area contributed by atoms with E-state index in [1.165, 1.54) is 34.0 Å². The molecule has 33 heavy (non-hydrogen) atoms. The first-order valence-electron chi connectivity index (χ1n) is 9.94. The van der Waals surface area contributed by atoms with E-state index in [1.807, 2.05) is 0 Å². The highest BCUT2D eigenvalue weighted by Gasteiger charge is 2.72. The number of rotatable bonds is 3. The molecule has 3 aliphatic heterocycles. The summed E-state index contributed by atoms with van der Waals surface area (Å²) in [7, 11) is -1.15. The van der Waals surface area contributed by atoms with Gasteiger partial charge in [0, 0.05) is 27.2 Å². The Labute approximate surface area is 188 Å². The maximum absolute atomic E-state index is 13.4. The highest BCUT2D eigenvalue weighted by molar-refractivity contribution is 7.86. The summed E-state index contributed by atoms with van der Waals surface area (Å²) >= 11 is 0. The normalized spacial score (nSPS) is 32.4. The van der Waals surface area contributed by atoms with Gasteiger partial charge in [0.25, 0.3) is 10.2 Å². The first-order valence-corrected chi connectivity index (χ1v) is 11.3. The Bertz CT molecular complexity index is 1180. The quantitative estimate of drug-likeness (QED) is 0.597. The van der Waals surface area contributed by atoms with Gasteiger partial charge in [-0.15, -0.1) is 0 Å². The Morgan fingerprint density at radius 1 is 1.12 bits per heavy atom. The molecule has 178 valence electrons. The molecule has 3 saturated heterocycles. The molecule has 4 atom stereocenters. The summed E-state index contributed by atoms with van der Waals surface area (Å²) < 4.78 is 74.0. The molecule has 3 fully saturated rings. The number of carbonyl (C=O) groups is 2. The highest BCUT2D eigenvalue weighted by atomic mass is 32.2. The van der Waals surface area contributed by atoms with Crippen molar-refractivity contribution in [3.05, 3.63) is 29.3 Å². The lowest BCUT2D eigenvalue weighted by molar-refractivity contribution is -0.157. The lowest BCUT2D eigenvalue weighted by atomic mass is 9.79. The number of alkyl halides is 3. The molecule has 13 heteroatoms. The van der Waals surface area contributed by atoms with Crippen LogP contribution in [0.5, 0.6) is 0 Å². The SMILES string of the molecule is CN(C)S(=O)(=O)N1CC2(C)OC(C)(C1)C1C(=O)N(c3ccc(C#N)c(C(F)(F)F)c3)C(=O)C12. The maximum Gasteiger partial charge on any atom is 0.417 e. The minimum Gasteiger partial charge on any atom is -0.365 e. The molecule has 2 amide bonds. The predicted molar refractivity (Wildman–Crippen MR) is 108 cm³/mol. The lowest BCUT2D eigenvalue weighted by Gasteiger charge is -2.44. The van der Waals surface area contributed by atoms with Crippen LogP contribution >= 0.6 is 0 Å². The lowest BCUT2D eigenvalue weighted by Crippen LogP contribution is -2.60. The minimum absolute atomic E-state index is 0.196. The van der Waals surface area contributed by atoms with Crippen molar-refractivity contribution in [3.8, 4) is 6.07 Å². The Morgan fingerprint density at radius 2 is 1.64 bits per heavy atom.